The van der Waals surface area contributed by atoms with Gasteiger partial charge in [0.15, 0.2) is 11.6 Å². The molecule has 0 saturated heterocycles. The summed E-state index contributed by atoms with van der Waals surface area (Å²) < 4.78 is 30.9. The minimum atomic E-state index is -1.21. The molecule has 4 aromatic rings. The van der Waals surface area contributed by atoms with Crippen LogP contribution in [-0.4, -0.2) is 37.3 Å². The summed E-state index contributed by atoms with van der Waals surface area (Å²) in [6.45, 7) is 13.7. The normalized spacial score (nSPS) is 11.2. The van der Waals surface area contributed by atoms with E-state index in [-0.39, 0.29) is 23.6 Å². The van der Waals surface area contributed by atoms with Gasteiger partial charge in [-0.25, -0.2) is 18.7 Å². The Kier molecular flexibility index (Phi) is 13.1. The van der Waals surface area contributed by atoms with Gasteiger partial charge in [0.25, 0.3) is 5.91 Å². The van der Waals surface area contributed by atoms with Crippen LogP contribution in [0.3, 0.4) is 0 Å². The lowest BCUT2D eigenvalue weighted by Crippen LogP contribution is -2.31. The standard InChI is InChI=1S/C24H29F2NO3.C7H6N4O.C2H6/c1-13(2)6-7-21(28)27-20(12-22(29)30)18-10-17(11-19(25)24(18)26)23-15(4)8-14(3)9-16(23)5;8-6(12)5-4-11-3-1-2-9-7(11)10-5;1-2/h8-11,13,20H,6-7,12H2,1-5H3,(H,27,28)(H,29,30);1-4H,(H2,8,12);1-2H3/t20-;;/m0../s1. The number of carbonyl (C=O) groups is 3. The van der Waals surface area contributed by atoms with Gasteiger partial charge in [-0.3, -0.25) is 18.8 Å². The van der Waals surface area contributed by atoms with Crippen LogP contribution in [0.1, 0.15) is 85.7 Å². The van der Waals surface area contributed by atoms with Crippen LogP contribution in [0.2, 0.25) is 0 Å². The first-order chi connectivity index (χ1) is 20.8. The SMILES string of the molecule is CC.Cc1cc(C)c(-c2cc(F)c(F)c([C@H](CC(=O)O)NC(=O)CCC(C)C)c2)c(C)c1.NC(=O)c1cn2cccnc2n1. The molecule has 1 atom stereocenters. The van der Waals surface area contributed by atoms with E-state index in [0.717, 1.165) is 28.3 Å². The fourth-order valence-electron chi connectivity index (χ4n) is 4.69. The molecule has 0 radical (unpaired) electrons. The van der Waals surface area contributed by atoms with Crippen molar-refractivity contribution in [3.63, 3.8) is 0 Å². The van der Waals surface area contributed by atoms with Crippen LogP contribution in [0.15, 0.2) is 48.9 Å². The molecular weight excluding hydrogens is 568 g/mol. The molecule has 2 amide bonds. The van der Waals surface area contributed by atoms with Crippen molar-refractivity contribution in [1.29, 1.82) is 0 Å². The Morgan fingerprint density at radius 1 is 1.05 bits per heavy atom. The molecule has 9 nitrogen and oxygen atoms in total. The predicted octanol–water partition coefficient (Wildman–Crippen LogP) is 6.48. The fourth-order valence-corrected chi connectivity index (χ4v) is 4.69. The summed E-state index contributed by atoms with van der Waals surface area (Å²) in [5.74, 6) is -3.59. The van der Waals surface area contributed by atoms with Gasteiger partial charge in [0.2, 0.25) is 11.7 Å². The number of amides is 2. The molecule has 44 heavy (non-hydrogen) atoms. The van der Waals surface area contributed by atoms with Gasteiger partial charge < -0.3 is 16.2 Å². The second kappa shape index (κ2) is 16.3. The Labute approximate surface area is 256 Å². The van der Waals surface area contributed by atoms with E-state index in [4.69, 9.17) is 5.73 Å². The maximum absolute atomic E-state index is 14.7. The minimum absolute atomic E-state index is 0.162. The first-order valence-electron chi connectivity index (χ1n) is 14.4. The lowest BCUT2D eigenvalue weighted by molar-refractivity contribution is -0.137. The molecule has 0 spiro atoms. The van der Waals surface area contributed by atoms with Gasteiger partial charge >= 0.3 is 5.97 Å². The molecule has 0 saturated carbocycles. The maximum atomic E-state index is 14.7. The molecule has 4 rings (SSSR count). The summed E-state index contributed by atoms with van der Waals surface area (Å²) in [5, 5.41) is 11.9. The molecule has 4 N–H and O–H groups in total. The Bertz CT molecular complexity index is 1560. The highest BCUT2D eigenvalue weighted by molar-refractivity contribution is 5.91. The predicted molar refractivity (Wildman–Crippen MR) is 166 cm³/mol. The van der Waals surface area contributed by atoms with Crippen LogP contribution in [0.4, 0.5) is 8.78 Å². The number of imidazole rings is 1. The summed E-state index contributed by atoms with van der Waals surface area (Å²) in [6.07, 6.45) is 5.16. The molecule has 2 aromatic carbocycles. The number of hydrogen-bond donors (Lipinski definition) is 3. The number of carbonyl (C=O) groups excluding carboxylic acids is 2. The lowest BCUT2D eigenvalue weighted by atomic mass is 9.91. The second-order valence-electron chi connectivity index (χ2n) is 10.6. The molecule has 0 fully saturated rings. The number of carboxylic acids is 1. The quantitative estimate of drug-likeness (QED) is 0.198. The summed E-state index contributed by atoms with van der Waals surface area (Å²) in [4.78, 5) is 42.2. The van der Waals surface area contributed by atoms with Crippen LogP contribution >= 0.6 is 0 Å². The van der Waals surface area contributed by atoms with E-state index < -0.39 is 36.0 Å². The lowest BCUT2D eigenvalue weighted by Gasteiger charge is -2.21. The number of halogens is 2. The van der Waals surface area contributed by atoms with Gasteiger partial charge in [-0.05, 0) is 73.6 Å². The second-order valence-corrected chi connectivity index (χ2v) is 10.6. The van der Waals surface area contributed by atoms with Gasteiger partial charge in [-0.2, -0.15) is 0 Å². The van der Waals surface area contributed by atoms with Gasteiger partial charge in [0, 0.05) is 30.6 Å². The van der Waals surface area contributed by atoms with Crippen LogP contribution in [0.25, 0.3) is 16.9 Å². The number of fused-ring (bicyclic) bond motifs is 1. The zero-order valence-electron chi connectivity index (χ0n) is 26.2. The monoisotopic (exact) mass is 609 g/mol. The van der Waals surface area contributed by atoms with E-state index in [2.05, 4.69) is 15.3 Å². The fraction of sp³-hybridized carbons (Fsp3) is 0.364. The van der Waals surface area contributed by atoms with Crippen LogP contribution in [-0.2, 0) is 9.59 Å². The average molecular weight is 610 g/mol. The van der Waals surface area contributed by atoms with Crippen molar-refractivity contribution in [3.05, 3.63) is 88.5 Å². The number of nitrogens with two attached hydrogens (primary N) is 1. The third kappa shape index (κ3) is 9.68. The smallest absolute Gasteiger partial charge is 0.305 e. The van der Waals surface area contributed by atoms with E-state index >= 15 is 0 Å². The molecule has 0 aliphatic heterocycles. The van der Waals surface area contributed by atoms with Crippen molar-refractivity contribution in [2.24, 2.45) is 11.7 Å². The molecule has 236 valence electrons. The van der Waals surface area contributed by atoms with Crippen molar-refractivity contribution in [2.45, 2.75) is 73.8 Å². The third-order valence-electron chi connectivity index (χ3n) is 6.55. The minimum Gasteiger partial charge on any atom is -0.481 e. The first kappa shape index (κ1) is 35.5. The molecule has 0 unspecified atom stereocenters. The van der Waals surface area contributed by atoms with Gasteiger partial charge in [-0.15, -0.1) is 0 Å². The number of aromatic nitrogens is 3. The van der Waals surface area contributed by atoms with Gasteiger partial charge in [-0.1, -0.05) is 45.4 Å². The molecule has 0 aliphatic rings. The highest BCUT2D eigenvalue weighted by Gasteiger charge is 2.25. The number of nitrogens with one attached hydrogen (secondary N) is 1. The number of carboxylic acid groups (broad SMARTS) is 1. The Hall–Kier alpha value is -4.67. The number of aryl methyl sites for hydroxylation is 3. The topological polar surface area (TPSA) is 140 Å². The number of benzene rings is 2. The van der Waals surface area contributed by atoms with Gasteiger partial charge in [0.05, 0.1) is 12.5 Å². The number of primary amides is 1. The highest BCUT2D eigenvalue weighted by atomic mass is 19.2. The zero-order chi connectivity index (χ0) is 33.1. The number of aliphatic carboxylic acids is 1. The maximum Gasteiger partial charge on any atom is 0.305 e. The molecule has 0 aliphatic carbocycles. The molecule has 2 heterocycles. The van der Waals surface area contributed by atoms with Crippen molar-refractivity contribution in [1.82, 2.24) is 19.7 Å². The highest BCUT2D eigenvalue weighted by Crippen LogP contribution is 2.33. The van der Waals surface area contributed by atoms with E-state index in [1.807, 2.05) is 60.6 Å². The van der Waals surface area contributed by atoms with E-state index in [1.54, 1.807) is 29.1 Å². The number of hydrogen-bond acceptors (Lipinski definition) is 5. The molecule has 0 bridgehead atoms. The van der Waals surface area contributed by atoms with Crippen molar-refractivity contribution in [2.75, 3.05) is 0 Å². The largest absolute Gasteiger partial charge is 0.481 e. The van der Waals surface area contributed by atoms with E-state index in [9.17, 15) is 28.3 Å². The summed E-state index contributed by atoms with van der Waals surface area (Å²) in [5.41, 5.74) is 9.18. The zero-order valence-corrected chi connectivity index (χ0v) is 26.2. The van der Waals surface area contributed by atoms with E-state index in [1.165, 1.54) is 6.07 Å². The van der Waals surface area contributed by atoms with Crippen molar-refractivity contribution >= 4 is 23.6 Å². The summed E-state index contributed by atoms with van der Waals surface area (Å²) in [6, 6.07) is 7.04. The van der Waals surface area contributed by atoms with Crippen LogP contribution in [0.5, 0.6) is 0 Å². The van der Waals surface area contributed by atoms with Crippen LogP contribution in [0, 0.1) is 38.3 Å². The average Bonchev–Trinajstić information content (AvgIpc) is 3.39. The molecule has 11 heteroatoms. The summed E-state index contributed by atoms with van der Waals surface area (Å²) in [7, 11) is 0. The summed E-state index contributed by atoms with van der Waals surface area (Å²) >= 11 is 0. The Morgan fingerprint density at radius 2 is 1.68 bits per heavy atom. The van der Waals surface area contributed by atoms with Crippen molar-refractivity contribution in [3.8, 4) is 11.1 Å². The Balaban J connectivity index is 0.000000397. The van der Waals surface area contributed by atoms with Crippen LogP contribution < -0.4 is 11.1 Å². The third-order valence-corrected chi connectivity index (χ3v) is 6.55. The van der Waals surface area contributed by atoms with E-state index in [0.29, 0.717) is 23.7 Å². The van der Waals surface area contributed by atoms with Gasteiger partial charge in [0.1, 0.15) is 5.69 Å². The molecule has 2 aromatic heterocycles. The Morgan fingerprint density at radius 3 is 2.23 bits per heavy atom. The first-order valence-corrected chi connectivity index (χ1v) is 14.4. The number of nitrogens with zero attached hydrogens (tertiary/aromatic N) is 3. The molecular formula is C33H41F2N5O4. The van der Waals surface area contributed by atoms with Crippen molar-refractivity contribution < 1.29 is 28.3 Å². The number of rotatable bonds is 9.